The van der Waals surface area contributed by atoms with Gasteiger partial charge in [-0.1, -0.05) is 38.3 Å². The zero-order valence-corrected chi connectivity index (χ0v) is 9.79. The van der Waals surface area contributed by atoms with Gasteiger partial charge in [0.15, 0.2) is 0 Å². The maximum Gasteiger partial charge on any atom is 0.0177 e. The van der Waals surface area contributed by atoms with Gasteiger partial charge >= 0.3 is 0 Å². The molecule has 0 aliphatic rings. The minimum Gasteiger partial charge on any atom is -0.326 e. The van der Waals surface area contributed by atoms with Crippen LogP contribution < -0.4 is 5.73 Å². The molecular formula is C12H24N2. The molecule has 0 unspecified atom stereocenters. The van der Waals surface area contributed by atoms with Crippen molar-refractivity contribution in [1.29, 1.82) is 0 Å². The van der Waals surface area contributed by atoms with Gasteiger partial charge in [0.2, 0.25) is 0 Å². The van der Waals surface area contributed by atoms with Gasteiger partial charge in [-0.05, 0) is 32.6 Å². The molecule has 0 saturated heterocycles. The molecule has 0 amide bonds. The Morgan fingerprint density at radius 2 is 1.93 bits per heavy atom. The summed E-state index contributed by atoms with van der Waals surface area (Å²) in [5.41, 5.74) is 6.30. The highest BCUT2D eigenvalue weighted by Crippen LogP contribution is 1.90. The van der Waals surface area contributed by atoms with E-state index in [4.69, 9.17) is 5.73 Å². The molecule has 2 N–H and O–H groups in total. The Bertz CT molecular complexity index is 169. The van der Waals surface area contributed by atoms with Gasteiger partial charge in [-0.2, -0.15) is 0 Å². The molecule has 0 atom stereocenters. The normalized spacial score (nSPS) is 10.5. The van der Waals surface area contributed by atoms with Crippen molar-refractivity contribution in [2.75, 3.05) is 27.2 Å². The van der Waals surface area contributed by atoms with E-state index >= 15 is 0 Å². The molecule has 2 heteroatoms. The van der Waals surface area contributed by atoms with Crippen LogP contribution in [0.25, 0.3) is 0 Å². The van der Waals surface area contributed by atoms with E-state index in [0.717, 1.165) is 5.57 Å². The number of rotatable bonds is 5. The molecule has 0 aliphatic carbocycles. The van der Waals surface area contributed by atoms with Gasteiger partial charge in [-0.25, -0.2) is 0 Å². The largest absolute Gasteiger partial charge is 0.326 e. The van der Waals surface area contributed by atoms with Crippen LogP contribution in [0.2, 0.25) is 0 Å². The lowest BCUT2D eigenvalue weighted by Crippen LogP contribution is -2.11. The standard InChI is InChI=1S/C7H11N.C5H13N/c1-3-5-7(4-2)6-8;1-4-5-6(2)3/h3-5H,1-2,6,8H2;4-5H2,1-3H3/b7-5+;. The lowest BCUT2D eigenvalue weighted by atomic mass is 10.2. The van der Waals surface area contributed by atoms with Crippen LogP contribution in [0.4, 0.5) is 0 Å². The van der Waals surface area contributed by atoms with E-state index in [-0.39, 0.29) is 0 Å². The third-order valence-corrected chi connectivity index (χ3v) is 1.50. The van der Waals surface area contributed by atoms with E-state index in [1.165, 1.54) is 13.0 Å². The molecule has 0 rings (SSSR count). The monoisotopic (exact) mass is 196 g/mol. The van der Waals surface area contributed by atoms with Crippen molar-refractivity contribution in [3.63, 3.8) is 0 Å². The SMILES string of the molecule is C=C/C=C(\C=C)CN.CCCN(C)C. The molecule has 0 aromatic rings. The van der Waals surface area contributed by atoms with Gasteiger partial charge in [0.1, 0.15) is 0 Å². The quantitative estimate of drug-likeness (QED) is 0.683. The molecule has 0 fully saturated rings. The smallest absolute Gasteiger partial charge is 0.0177 e. The predicted octanol–water partition coefficient (Wildman–Crippen LogP) is 2.20. The fraction of sp³-hybridized carbons (Fsp3) is 0.500. The fourth-order valence-electron chi connectivity index (χ4n) is 0.818. The lowest BCUT2D eigenvalue weighted by molar-refractivity contribution is 0.408. The van der Waals surface area contributed by atoms with Crippen molar-refractivity contribution in [3.8, 4) is 0 Å². The van der Waals surface area contributed by atoms with Gasteiger partial charge in [-0.3, -0.25) is 0 Å². The van der Waals surface area contributed by atoms with Crippen LogP contribution >= 0.6 is 0 Å². The number of nitrogens with zero attached hydrogens (tertiary/aromatic N) is 1. The molecule has 0 radical (unpaired) electrons. The highest BCUT2D eigenvalue weighted by molar-refractivity contribution is 5.21. The second-order valence-corrected chi connectivity index (χ2v) is 3.19. The van der Waals surface area contributed by atoms with Crippen LogP contribution in [0, 0.1) is 0 Å². The van der Waals surface area contributed by atoms with E-state index in [9.17, 15) is 0 Å². The van der Waals surface area contributed by atoms with Crippen molar-refractivity contribution >= 4 is 0 Å². The molecule has 0 aromatic carbocycles. The van der Waals surface area contributed by atoms with Gasteiger partial charge in [0.25, 0.3) is 0 Å². The zero-order valence-electron chi connectivity index (χ0n) is 9.79. The summed E-state index contributed by atoms with van der Waals surface area (Å²) in [5.74, 6) is 0. The van der Waals surface area contributed by atoms with E-state index in [1.54, 1.807) is 12.2 Å². The Morgan fingerprint density at radius 3 is 2.00 bits per heavy atom. The summed E-state index contributed by atoms with van der Waals surface area (Å²) in [4.78, 5) is 2.18. The Labute approximate surface area is 88.8 Å². The Balaban J connectivity index is 0. The van der Waals surface area contributed by atoms with Crippen LogP contribution in [0.1, 0.15) is 13.3 Å². The summed E-state index contributed by atoms with van der Waals surface area (Å²) < 4.78 is 0. The van der Waals surface area contributed by atoms with Crippen molar-refractivity contribution in [2.45, 2.75) is 13.3 Å². The molecular weight excluding hydrogens is 172 g/mol. The lowest BCUT2D eigenvalue weighted by Gasteiger charge is -2.03. The summed E-state index contributed by atoms with van der Waals surface area (Å²) in [5, 5.41) is 0. The summed E-state index contributed by atoms with van der Waals surface area (Å²) in [6.45, 7) is 11.0. The minimum absolute atomic E-state index is 0.537. The highest BCUT2D eigenvalue weighted by Gasteiger charge is 1.79. The molecule has 14 heavy (non-hydrogen) atoms. The maximum absolute atomic E-state index is 5.28. The van der Waals surface area contributed by atoms with Gasteiger partial charge in [-0.15, -0.1) is 0 Å². The van der Waals surface area contributed by atoms with Crippen molar-refractivity contribution in [3.05, 3.63) is 37.0 Å². The van der Waals surface area contributed by atoms with Crippen molar-refractivity contribution < 1.29 is 0 Å². The Kier molecular flexibility index (Phi) is 13.5. The molecule has 82 valence electrons. The summed E-state index contributed by atoms with van der Waals surface area (Å²) in [6, 6.07) is 0. The van der Waals surface area contributed by atoms with Crippen LogP contribution in [-0.2, 0) is 0 Å². The Morgan fingerprint density at radius 1 is 1.36 bits per heavy atom. The number of allylic oxidation sites excluding steroid dienone is 2. The molecule has 0 spiro atoms. The van der Waals surface area contributed by atoms with Crippen LogP contribution in [0.15, 0.2) is 37.0 Å². The summed E-state index contributed by atoms with van der Waals surface area (Å²) >= 11 is 0. The van der Waals surface area contributed by atoms with Crippen LogP contribution in [0.5, 0.6) is 0 Å². The molecule has 2 nitrogen and oxygen atoms in total. The molecule has 0 saturated carbocycles. The topological polar surface area (TPSA) is 29.3 Å². The van der Waals surface area contributed by atoms with Crippen molar-refractivity contribution in [2.24, 2.45) is 5.73 Å². The van der Waals surface area contributed by atoms with E-state index in [2.05, 4.69) is 39.1 Å². The zero-order chi connectivity index (χ0) is 11.4. The van der Waals surface area contributed by atoms with Gasteiger partial charge in [0.05, 0.1) is 0 Å². The maximum atomic E-state index is 5.28. The van der Waals surface area contributed by atoms with Crippen LogP contribution in [-0.4, -0.2) is 32.1 Å². The number of nitrogens with two attached hydrogens (primary N) is 1. The number of hydrogen-bond donors (Lipinski definition) is 1. The van der Waals surface area contributed by atoms with E-state index < -0.39 is 0 Å². The molecule has 0 aliphatic heterocycles. The predicted molar refractivity (Wildman–Crippen MR) is 66.4 cm³/mol. The second kappa shape index (κ2) is 12.1. The molecule has 0 heterocycles. The fourth-order valence-corrected chi connectivity index (χ4v) is 0.818. The van der Waals surface area contributed by atoms with Gasteiger partial charge < -0.3 is 10.6 Å². The van der Waals surface area contributed by atoms with E-state index in [1.807, 2.05) is 6.08 Å². The number of hydrogen-bond acceptors (Lipinski definition) is 2. The van der Waals surface area contributed by atoms with Gasteiger partial charge in [0, 0.05) is 6.54 Å². The average Bonchev–Trinajstić information content (AvgIpc) is 2.15. The first-order valence-corrected chi connectivity index (χ1v) is 4.91. The summed E-state index contributed by atoms with van der Waals surface area (Å²) in [7, 11) is 4.17. The Hall–Kier alpha value is -0.860. The molecule has 0 aromatic heterocycles. The first kappa shape index (κ1) is 15.6. The first-order valence-electron chi connectivity index (χ1n) is 4.91. The third-order valence-electron chi connectivity index (χ3n) is 1.50. The first-order chi connectivity index (χ1) is 6.62. The minimum atomic E-state index is 0.537. The van der Waals surface area contributed by atoms with Crippen molar-refractivity contribution in [1.82, 2.24) is 4.90 Å². The van der Waals surface area contributed by atoms with Crippen LogP contribution in [0.3, 0.4) is 0 Å². The van der Waals surface area contributed by atoms with E-state index in [0.29, 0.717) is 6.54 Å². The highest BCUT2D eigenvalue weighted by atomic mass is 15.0. The third kappa shape index (κ3) is 13.7. The molecule has 0 bridgehead atoms. The second-order valence-electron chi connectivity index (χ2n) is 3.19. The summed E-state index contributed by atoms with van der Waals surface area (Å²) in [6.07, 6.45) is 6.52. The average molecular weight is 196 g/mol.